The highest BCUT2D eigenvalue weighted by molar-refractivity contribution is 8.27. The molecule has 2 aromatic carbocycles. The van der Waals surface area contributed by atoms with Gasteiger partial charge in [0.05, 0.1) is 5.57 Å². The van der Waals surface area contributed by atoms with E-state index in [-0.39, 0.29) is 22.5 Å². The predicted molar refractivity (Wildman–Crippen MR) is 124 cm³/mol. The lowest BCUT2D eigenvalue weighted by Gasteiger charge is -2.20. The third-order valence-electron chi connectivity index (χ3n) is 4.83. The molecule has 4 rings (SSSR count). The largest absolute Gasteiger partial charge is 0.490 e. The summed E-state index contributed by atoms with van der Waals surface area (Å²) in [6, 6.07) is 12.6. The number of amides is 1. The Morgan fingerprint density at radius 3 is 2.47 bits per heavy atom. The SMILES string of the molecule is Cc1ccc(OCCOc2ccc(/C=C3\C(=N)N4N=C(C(F)(F)F)SC4=NC3=O)cc2)c(C)c1. The van der Waals surface area contributed by atoms with Gasteiger partial charge in [0.15, 0.2) is 5.84 Å². The van der Waals surface area contributed by atoms with Crippen LogP contribution in [0.25, 0.3) is 6.08 Å². The number of carbonyl (C=O) groups is 1. The quantitative estimate of drug-likeness (QED) is 0.460. The fraction of sp³-hybridized carbons (Fsp3) is 0.217. The second-order valence-corrected chi connectivity index (χ2v) is 8.41. The van der Waals surface area contributed by atoms with Crippen molar-refractivity contribution >= 4 is 39.8 Å². The normalized spacial score (nSPS) is 17.0. The highest BCUT2D eigenvalue weighted by Crippen LogP contribution is 2.35. The molecule has 0 bridgehead atoms. The van der Waals surface area contributed by atoms with Crippen molar-refractivity contribution in [2.24, 2.45) is 10.1 Å². The maximum absolute atomic E-state index is 12.9. The van der Waals surface area contributed by atoms with Crippen LogP contribution in [0.4, 0.5) is 13.2 Å². The van der Waals surface area contributed by atoms with Crippen LogP contribution in [0.5, 0.6) is 11.5 Å². The lowest BCUT2D eigenvalue weighted by molar-refractivity contribution is -0.114. The topological polar surface area (TPSA) is 87.3 Å². The summed E-state index contributed by atoms with van der Waals surface area (Å²) in [6.07, 6.45) is -3.30. The van der Waals surface area contributed by atoms with E-state index in [1.54, 1.807) is 24.3 Å². The van der Waals surface area contributed by atoms with E-state index in [1.807, 2.05) is 32.0 Å². The van der Waals surface area contributed by atoms with Crippen molar-refractivity contribution in [3.8, 4) is 11.5 Å². The number of benzene rings is 2. The molecular formula is C23H19F3N4O3S. The standard InChI is InChI=1S/C23H19F3N4O3S/c1-13-3-8-18(14(2)11-13)33-10-9-32-16-6-4-15(5-7-16)12-17-19(27)30-22(28-20(17)31)34-21(29-30)23(24,25)26/h3-8,11-12,27H,9-10H2,1-2H3/b17-12+,27-19?. The Kier molecular flexibility index (Phi) is 6.47. The van der Waals surface area contributed by atoms with Crippen LogP contribution in [0, 0.1) is 19.3 Å². The van der Waals surface area contributed by atoms with Gasteiger partial charge in [0.25, 0.3) is 5.91 Å². The minimum Gasteiger partial charge on any atom is -0.490 e. The number of hydrogen-bond donors (Lipinski definition) is 1. The summed E-state index contributed by atoms with van der Waals surface area (Å²) in [4.78, 5) is 15.9. The molecule has 0 saturated carbocycles. The van der Waals surface area contributed by atoms with E-state index in [1.165, 1.54) is 6.08 Å². The molecule has 0 fully saturated rings. The first kappa shape index (κ1) is 23.6. The number of thioether (sulfide) groups is 1. The van der Waals surface area contributed by atoms with Gasteiger partial charge in [-0.05, 0) is 61.0 Å². The Morgan fingerprint density at radius 1 is 1.09 bits per heavy atom. The number of hydrazone groups is 1. The van der Waals surface area contributed by atoms with Crippen molar-refractivity contribution in [3.63, 3.8) is 0 Å². The molecule has 176 valence electrons. The molecule has 11 heteroatoms. The molecule has 2 heterocycles. The number of alkyl halides is 3. The van der Waals surface area contributed by atoms with E-state index in [0.717, 1.165) is 16.9 Å². The molecule has 34 heavy (non-hydrogen) atoms. The van der Waals surface area contributed by atoms with E-state index in [9.17, 15) is 18.0 Å². The fourth-order valence-corrected chi connectivity index (χ4v) is 3.96. The zero-order chi connectivity index (χ0) is 24.5. The molecular weight excluding hydrogens is 469 g/mol. The van der Waals surface area contributed by atoms with Gasteiger partial charge in [-0.25, -0.2) is 0 Å². The van der Waals surface area contributed by atoms with Crippen molar-refractivity contribution in [1.82, 2.24) is 5.01 Å². The van der Waals surface area contributed by atoms with Crippen molar-refractivity contribution in [1.29, 1.82) is 5.41 Å². The summed E-state index contributed by atoms with van der Waals surface area (Å²) in [6.45, 7) is 4.67. The number of hydrogen-bond acceptors (Lipinski definition) is 6. The lowest BCUT2D eigenvalue weighted by Crippen LogP contribution is -2.35. The van der Waals surface area contributed by atoms with Gasteiger partial charge >= 0.3 is 6.18 Å². The number of rotatable bonds is 6. The third kappa shape index (κ3) is 5.14. The van der Waals surface area contributed by atoms with Crippen LogP contribution >= 0.6 is 11.8 Å². The first-order chi connectivity index (χ1) is 16.1. The zero-order valence-corrected chi connectivity index (χ0v) is 19.0. The second kappa shape index (κ2) is 9.34. The van der Waals surface area contributed by atoms with Crippen LogP contribution in [0.2, 0.25) is 0 Å². The van der Waals surface area contributed by atoms with Gasteiger partial charge in [-0.3, -0.25) is 10.2 Å². The van der Waals surface area contributed by atoms with E-state index in [0.29, 0.717) is 29.5 Å². The first-order valence-electron chi connectivity index (χ1n) is 10.1. The molecule has 0 aliphatic carbocycles. The second-order valence-electron chi connectivity index (χ2n) is 7.46. The first-order valence-corrected chi connectivity index (χ1v) is 10.9. The molecule has 0 atom stereocenters. The number of aryl methyl sites for hydroxylation is 2. The van der Waals surface area contributed by atoms with Crippen LogP contribution < -0.4 is 9.47 Å². The van der Waals surface area contributed by atoms with Gasteiger partial charge in [-0.15, -0.1) is 0 Å². The summed E-state index contributed by atoms with van der Waals surface area (Å²) >= 11 is 0.214. The number of nitrogens with one attached hydrogen (secondary N) is 1. The van der Waals surface area contributed by atoms with Gasteiger partial charge in [0.1, 0.15) is 24.7 Å². The molecule has 0 spiro atoms. The third-order valence-corrected chi connectivity index (χ3v) is 5.78. The summed E-state index contributed by atoms with van der Waals surface area (Å²) in [5.74, 6) is 0.105. The van der Waals surface area contributed by atoms with E-state index in [2.05, 4.69) is 10.1 Å². The number of aliphatic imine (C=N–C) groups is 1. The Morgan fingerprint density at radius 2 is 1.79 bits per heavy atom. The van der Waals surface area contributed by atoms with Crippen LogP contribution in [-0.2, 0) is 4.79 Å². The number of carbonyl (C=O) groups excluding carboxylic acids is 1. The number of ether oxygens (including phenoxy) is 2. The molecule has 0 radical (unpaired) electrons. The van der Waals surface area contributed by atoms with Crippen molar-refractivity contribution < 1.29 is 27.4 Å². The number of amidine groups is 2. The monoisotopic (exact) mass is 488 g/mol. The molecule has 2 aliphatic heterocycles. The Balaban J connectivity index is 1.37. The zero-order valence-electron chi connectivity index (χ0n) is 18.1. The number of halogens is 3. The molecule has 2 aromatic rings. The van der Waals surface area contributed by atoms with E-state index in [4.69, 9.17) is 14.9 Å². The van der Waals surface area contributed by atoms with Crippen molar-refractivity contribution in [3.05, 3.63) is 64.7 Å². The molecule has 7 nitrogen and oxygen atoms in total. The van der Waals surface area contributed by atoms with Crippen LogP contribution in [0.15, 0.2) is 58.1 Å². The maximum Gasteiger partial charge on any atom is 0.441 e. The van der Waals surface area contributed by atoms with Gasteiger partial charge in [0, 0.05) is 0 Å². The number of nitrogens with zero attached hydrogens (tertiary/aromatic N) is 3. The molecule has 2 aliphatic rings. The summed E-state index contributed by atoms with van der Waals surface area (Å²) in [7, 11) is 0. The Bertz CT molecular complexity index is 1240. The molecule has 0 saturated heterocycles. The van der Waals surface area contributed by atoms with Gasteiger partial charge < -0.3 is 9.47 Å². The highest BCUT2D eigenvalue weighted by Gasteiger charge is 2.46. The van der Waals surface area contributed by atoms with Crippen molar-refractivity contribution in [2.75, 3.05) is 13.2 Å². The van der Waals surface area contributed by atoms with Crippen LogP contribution in [-0.4, -0.2) is 46.4 Å². The summed E-state index contributed by atoms with van der Waals surface area (Å²) in [5, 5.41) is 10.8. The lowest BCUT2D eigenvalue weighted by atomic mass is 10.1. The molecule has 0 aromatic heterocycles. The fourth-order valence-electron chi connectivity index (χ4n) is 3.21. The predicted octanol–water partition coefficient (Wildman–Crippen LogP) is 4.94. The van der Waals surface area contributed by atoms with Gasteiger partial charge in [-0.1, -0.05) is 29.8 Å². The summed E-state index contributed by atoms with van der Waals surface area (Å²) in [5.41, 5.74) is 2.60. The molecule has 1 amide bonds. The average Bonchev–Trinajstić information content (AvgIpc) is 3.21. The van der Waals surface area contributed by atoms with Crippen LogP contribution in [0.1, 0.15) is 16.7 Å². The minimum absolute atomic E-state index is 0.160. The smallest absolute Gasteiger partial charge is 0.441 e. The van der Waals surface area contributed by atoms with Gasteiger partial charge in [-0.2, -0.15) is 28.3 Å². The number of fused-ring (bicyclic) bond motifs is 1. The molecule has 0 unspecified atom stereocenters. The molecule has 1 N–H and O–H groups in total. The van der Waals surface area contributed by atoms with E-state index < -0.39 is 23.0 Å². The van der Waals surface area contributed by atoms with Crippen LogP contribution in [0.3, 0.4) is 0 Å². The van der Waals surface area contributed by atoms with Gasteiger partial charge in [0.2, 0.25) is 10.2 Å². The Labute approximate surface area is 197 Å². The van der Waals surface area contributed by atoms with E-state index >= 15 is 0 Å². The minimum atomic E-state index is -4.68. The maximum atomic E-state index is 12.9. The highest BCUT2D eigenvalue weighted by atomic mass is 32.2. The Hall–Kier alpha value is -3.60. The average molecular weight is 488 g/mol. The summed E-state index contributed by atoms with van der Waals surface area (Å²) < 4.78 is 50.1. The van der Waals surface area contributed by atoms with Crippen molar-refractivity contribution in [2.45, 2.75) is 20.0 Å².